The van der Waals surface area contributed by atoms with E-state index in [4.69, 9.17) is 6.42 Å². The molecule has 0 aliphatic carbocycles. The molecule has 0 radical (unpaired) electrons. The molecule has 114 valence electrons. The number of terminal acetylenes is 1. The van der Waals surface area contributed by atoms with Gasteiger partial charge < -0.3 is 10.6 Å². The number of alkyl halides is 3. The number of anilines is 1. The first-order chi connectivity index (χ1) is 9.78. The van der Waals surface area contributed by atoms with E-state index >= 15 is 0 Å². The molecule has 0 aromatic carbocycles. The number of nitrogens with zero attached hydrogens (tertiary/aromatic N) is 1. The third-order valence-corrected chi connectivity index (χ3v) is 3.21. The maximum absolute atomic E-state index is 12.8. The largest absolute Gasteiger partial charge is 0.418 e. The number of halogens is 3. The molecular weight excluding hydrogens is 283 g/mol. The number of hydrogen-bond acceptors (Lipinski definition) is 2. The number of nitrogens with one attached hydrogen (secondary N) is 2. The second-order valence-electron chi connectivity index (χ2n) is 4.43. The zero-order valence-electron chi connectivity index (χ0n) is 11.7. The molecule has 2 amide bonds. The first kappa shape index (κ1) is 16.8. The number of carbonyl (C=O) groups is 1. The van der Waals surface area contributed by atoms with Crippen molar-refractivity contribution in [3.8, 4) is 12.3 Å². The van der Waals surface area contributed by atoms with E-state index < -0.39 is 29.0 Å². The van der Waals surface area contributed by atoms with Gasteiger partial charge in [0.15, 0.2) is 0 Å². The van der Waals surface area contributed by atoms with E-state index in [0.29, 0.717) is 12.8 Å². The Morgan fingerprint density at radius 1 is 1.38 bits per heavy atom. The highest BCUT2D eigenvalue weighted by Crippen LogP contribution is 2.34. The Kier molecular flexibility index (Phi) is 5.19. The molecule has 21 heavy (non-hydrogen) atoms. The second-order valence-corrected chi connectivity index (χ2v) is 4.43. The van der Waals surface area contributed by atoms with E-state index in [1.807, 2.05) is 0 Å². The molecule has 1 aromatic heterocycles. The third-order valence-electron chi connectivity index (χ3n) is 3.21. The smallest absolute Gasteiger partial charge is 0.322 e. The van der Waals surface area contributed by atoms with Gasteiger partial charge in [0.1, 0.15) is 5.54 Å². The lowest BCUT2D eigenvalue weighted by molar-refractivity contribution is -0.137. The lowest BCUT2D eigenvalue weighted by Crippen LogP contribution is -2.48. The van der Waals surface area contributed by atoms with Gasteiger partial charge in [-0.25, -0.2) is 4.79 Å². The van der Waals surface area contributed by atoms with Crippen molar-refractivity contribution in [1.82, 2.24) is 10.3 Å². The van der Waals surface area contributed by atoms with E-state index in [1.165, 1.54) is 0 Å². The zero-order valence-corrected chi connectivity index (χ0v) is 11.7. The van der Waals surface area contributed by atoms with Gasteiger partial charge in [0.25, 0.3) is 0 Å². The van der Waals surface area contributed by atoms with Crippen molar-refractivity contribution in [2.24, 2.45) is 0 Å². The molecule has 0 aliphatic heterocycles. The normalized spacial score (nSPS) is 11.6. The standard InChI is InChI=1S/C14H16F3N3O/c1-4-13(5-2,6-3)20-12(21)19-11-9-18-8-7-10(11)14(15,16)17/h1,7-9H,5-6H2,2-3H3,(H2,19,20,21). The lowest BCUT2D eigenvalue weighted by atomic mass is 9.94. The third kappa shape index (κ3) is 4.12. The van der Waals surface area contributed by atoms with Crippen LogP contribution in [0.15, 0.2) is 18.5 Å². The zero-order chi connectivity index (χ0) is 16.1. The summed E-state index contributed by atoms with van der Waals surface area (Å²) >= 11 is 0. The summed E-state index contributed by atoms with van der Waals surface area (Å²) < 4.78 is 38.4. The van der Waals surface area contributed by atoms with Crippen molar-refractivity contribution < 1.29 is 18.0 Å². The van der Waals surface area contributed by atoms with E-state index in [-0.39, 0.29) is 0 Å². The van der Waals surface area contributed by atoms with Gasteiger partial charge in [-0.2, -0.15) is 13.2 Å². The summed E-state index contributed by atoms with van der Waals surface area (Å²) in [6, 6.07) is -0.000832. The van der Waals surface area contributed by atoms with Crippen LogP contribution in [0.3, 0.4) is 0 Å². The Morgan fingerprint density at radius 3 is 2.48 bits per heavy atom. The van der Waals surface area contributed by atoms with Crippen molar-refractivity contribution in [1.29, 1.82) is 0 Å². The fourth-order valence-electron chi connectivity index (χ4n) is 1.78. The Labute approximate surface area is 121 Å². The number of amides is 2. The van der Waals surface area contributed by atoms with Gasteiger partial charge in [-0.05, 0) is 18.9 Å². The highest BCUT2D eigenvalue weighted by atomic mass is 19.4. The molecule has 0 bridgehead atoms. The maximum atomic E-state index is 12.8. The average molecular weight is 299 g/mol. The van der Waals surface area contributed by atoms with Crippen molar-refractivity contribution in [3.05, 3.63) is 24.0 Å². The Hall–Kier alpha value is -2.23. The SMILES string of the molecule is C#CC(CC)(CC)NC(=O)Nc1cnccc1C(F)(F)F. The van der Waals surface area contributed by atoms with E-state index in [0.717, 1.165) is 18.5 Å². The maximum Gasteiger partial charge on any atom is 0.418 e. The van der Waals surface area contributed by atoms with Gasteiger partial charge in [-0.15, -0.1) is 6.42 Å². The Morgan fingerprint density at radius 2 is 2.00 bits per heavy atom. The van der Waals surface area contributed by atoms with Crippen LogP contribution in [0.25, 0.3) is 0 Å². The summed E-state index contributed by atoms with van der Waals surface area (Å²) in [6.45, 7) is 3.57. The molecule has 2 N–H and O–H groups in total. The van der Waals surface area contributed by atoms with Crippen LogP contribution in [0.5, 0.6) is 0 Å². The molecule has 1 aromatic rings. The monoisotopic (exact) mass is 299 g/mol. The molecule has 0 aliphatic rings. The van der Waals surface area contributed by atoms with Crippen LogP contribution in [0, 0.1) is 12.3 Å². The van der Waals surface area contributed by atoms with Gasteiger partial charge in [-0.1, -0.05) is 19.8 Å². The first-order valence-corrected chi connectivity index (χ1v) is 6.36. The molecule has 1 heterocycles. The predicted octanol–water partition coefficient (Wildman–Crippen LogP) is 3.41. The van der Waals surface area contributed by atoms with Crippen molar-refractivity contribution in [2.45, 2.75) is 38.4 Å². The van der Waals surface area contributed by atoms with Gasteiger partial charge in [0.05, 0.1) is 17.4 Å². The lowest BCUT2D eigenvalue weighted by Gasteiger charge is -2.27. The molecule has 0 saturated carbocycles. The fourth-order valence-corrected chi connectivity index (χ4v) is 1.78. The Balaban J connectivity index is 2.93. The van der Waals surface area contributed by atoms with Crippen LogP contribution < -0.4 is 10.6 Å². The van der Waals surface area contributed by atoms with E-state index in [2.05, 4.69) is 21.5 Å². The summed E-state index contributed by atoms with van der Waals surface area (Å²) in [4.78, 5) is 15.5. The van der Waals surface area contributed by atoms with Crippen molar-refractivity contribution in [3.63, 3.8) is 0 Å². The van der Waals surface area contributed by atoms with Crippen LogP contribution in [-0.2, 0) is 6.18 Å². The number of carbonyl (C=O) groups excluding carboxylic acids is 1. The van der Waals surface area contributed by atoms with Crippen molar-refractivity contribution in [2.75, 3.05) is 5.32 Å². The van der Waals surface area contributed by atoms with Gasteiger partial charge >= 0.3 is 12.2 Å². The number of aromatic nitrogens is 1. The molecule has 7 heteroatoms. The number of hydrogen-bond donors (Lipinski definition) is 2. The van der Waals surface area contributed by atoms with Crippen LogP contribution in [0.1, 0.15) is 32.3 Å². The van der Waals surface area contributed by atoms with Crippen LogP contribution in [0.4, 0.5) is 23.7 Å². The number of rotatable bonds is 4. The number of pyridine rings is 1. The summed E-state index contributed by atoms with van der Waals surface area (Å²) in [5.41, 5.74) is -2.27. The first-order valence-electron chi connectivity index (χ1n) is 6.36. The van der Waals surface area contributed by atoms with Crippen LogP contribution in [0.2, 0.25) is 0 Å². The van der Waals surface area contributed by atoms with Gasteiger partial charge in [0.2, 0.25) is 0 Å². The minimum atomic E-state index is -4.58. The minimum absolute atomic E-state index is 0.416. The molecule has 0 fully saturated rings. The summed E-state index contributed by atoms with van der Waals surface area (Å²) in [5, 5.41) is 4.67. The minimum Gasteiger partial charge on any atom is -0.322 e. The molecule has 0 spiro atoms. The number of urea groups is 1. The van der Waals surface area contributed by atoms with Crippen LogP contribution in [-0.4, -0.2) is 16.6 Å². The molecule has 0 unspecified atom stereocenters. The van der Waals surface area contributed by atoms with Crippen LogP contribution >= 0.6 is 0 Å². The molecular formula is C14H16F3N3O. The average Bonchev–Trinajstić information content (AvgIpc) is 2.44. The van der Waals surface area contributed by atoms with Gasteiger partial charge in [0, 0.05) is 6.20 Å². The quantitative estimate of drug-likeness (QED) is 0.837. The van der Waals surface area contributed by atoms with Crippen molar-refractivity contribution >= 4 is 11.7 Å². The summed E-state index contributed by atoms with van der Waals surface area (Å²) in [6.07, 6.45) is 3.69. The predicted molar refractivity (Wildman–Crippen MR) is 73.5 cm³/mol. The summed E-state index contributed by atoms with van der Waals surface area (Å²) in [5.74, 6) is 2.47. The molecule has 0 saturated heterocycles. The highest BCUT2D eigenvalue weighted by Gasteiger charge is 2.34. The molecule has 0 atom stereocenters. The topological polar surface area (TPSA) is 54.0 Å². The van der Waals surface area contributed by atoms with E-state index in [1.54, 1.807) is 13.8 Å². The Bertz CT molecular complexity index is 545. The molecule has 4 nitrogen and oxygen atoms in total. The fraction of sp³-hybridized carbons (Fsp3) is 0.429. The summed E-state index contributed by atoms with van der Waals surface area (Å²) in [7, 11) is 0. The highest BCUT2D eigenvalue weighted by molar-refractivity contribution is 5.90. The van der Waals surface area contributed by atoms with Gasteiger partial charge in [-0.3, -0.25) is 4.98 Å². The second kappa shape index (κ2) is 6.48. The van der Waals surface area contributed by atoms with E-state index in [9.17, 15) is 18.0 Å². The molecule has 1 rings (SSSR count).